The highest BCUT2D eigenvalue weighted by Gasteiger charge is 2.31. The Labute approximate surface area is 198 Å². The van der Waals surface area contributed by atoms with Gasteiger partial charge in [-0.15, -0.1) is 0 Å². The molecule has 8 nitrogen and oxygen atoms in total. The third-order valence-corrected chi connectivity index (χ3v) is 7.52. The van der Waals surface area contributed by atoms with E-state index in [1.807, 2.05) is 25.1 Å². The molecule has 0 radical (unpaired) electrons. The summed E-state index contributed by atoms with van der Waals surface area (Å²) in [4.78, 5) is 24.2. The maximum absolute atomic E-state index is 13.1. The molecule has 0 spiro atoms. The van der Waals surface area contributed by atoms with Crippen molar-refractivity contribution < 1.29 is 27.5 Å². The number of amides is 1. The molecule has 0 saturated carbocycles. The zero-order valence-electron chi connectivity index (χ0n) is 18.3. The predicted molar refractivity (Wildman–Crippen MR) is 124 cm³/mol. The summed E-state index contributed by atoms with van der Waals surface area (Å²) in [6.45, 7) is 2.81. The Balaban J connectivity index is 1.53. The molecule has 1 amide bonds. The van der Waals surface area contributed by atoms with E-state index in [1.165, 1.54) is 22.5 Å². The third kappa shape index (κ3) is 6.93. The second-order valence-electron chi connectivity index (χ2n) is 7.84. The van der Waals surface area contributed by atoms with Crippen molar-refractivity contribution in [1.82, 2.24) is 9.62 Å². The van der Waals surface area contributed by atoms with Crippen molar-refractivity contribution in [2.75, 3.05) is 32.8 Å². The minimum absolute atomic E-state index is 0.00300. The summed E-state index contributed by atoms with van der Waals surface area (Å²) in [7, 11) is -3.85. The van der Waals surface area contributed by atoms with Gasteiger partial charge in [-0.1, -0.05) is 36.7 Å². The molecule has 1 aliphatic rings. The molecule has 1 atom stereocenters. The number of hydrogen-bond donors (Lipinski definition) is 1. The van der Waals surface area contributed by atoms with Gasteiger partial charge in [0.25, 0.3) is 5.91 Å². The van der Waals surface area contributed by atoms with Crippen LogP contribution in [0.3, 0.4) is 0 Å². The first-order valence-electron chi connectivity index (χ1n) is 10.7. The zero-order chi connectivity index (χ0) is 23.8. The van der Waals surface area contributed by atoms with E-state index in [4.69, 9.17) is 21.1 Å². The number of ether oxygens (including phenoxy) is 2. The van der Waals surface area contributed by atoms with Crippen molar-refractivity contribution in [2.24, 2.45) is 5.92 Å². The summed E-state index contributed by atoms with van der Waals surface area (Å²) in [6.07, 6.45) is 1.73. The maximum Gasteiger partial charge on any atom is 0.338 e. The normalized spacial score (nSPS) is 16.7. The number of carbonyl (C=O) groups is 2. The molecule has 2 aromatic carbocycles. The van der Waals surface area contributed by atoms with Gasteiger partial charge in [0.2, 0.25) is 10.0 Å². The highest BCUT2D eigenvalue weighted by atomic mass is 35.5. The van der Waals surface area contributed by atoms with Crippen LogP contribution in [0.4, 0.5) is 0 Å². The first-order valence-corrected chi connectivity index (χ1v) is 12.5. The summed E-state index contributed by atoms with van der Waals surface area (Å²) >= 11 is 6.15. The van der Waals surface area contributed by atoms with E-state index in [-0.39, 0.29) is 34.6 Å². The van der Waals surface area contributed by atoms with Crippen LogP contribution in [0.5, 0.6) is 5.75 Å². The number of halogens is 1. The largest absolute Gasteiger partial charge is 0.492 e. The molecule has 0 bridgehead atoms. The van der Waals surface area contributed by atoms with Gasteiger partial charge < -0.3 is 14.8 Å². The summed E-state index contributed by atoms with van der Waals surface area (Å²) in [5.74, 6) is -0.377. The summed E-state index contributed by atoms with van der Waals surface area (Å²) < 4.78 is 38.0. The molecule has 1 N–H and O–H groups in total. The second kappa shape index (κ2) is 11.5. The number of esters is 1. The van der Waals surface area contributed by atoms with Crippen LogP contribution in [0.15, 0.2) is 53.4 Å². The van der Waals surface area contributed by atoms with E-state index < -0.39 is 28.5 Å². The van der Waals surface area contributed by atoms with E-state index in [0.717, 1.165) is 12.8 Å². The van der Waals surface area contributed by atoms with Gasteiger partial charge in [-0.2, -0.15) is 4.31 Å². The average molecular weight is 495 g/mol. The molecular formula is C23H27ClN2O6S. The number of hydrogen-bond acceptors (Lipinski definition) is 6. The Morgan fingerprint density at radius 1 is 1.18 bits per heavy atom. The van der Waals surface area contributed by atoms with Crippen molar-refractivity contribution >= 4 is 33.5 Å². The molecule has 0 aliphatic carbocycles. The number of nitrogens with zero attached hydrogens (tertiary/aromatic N) is 1. The van der Waals surface area contributed by atoms with Gasteiger partial charge in [0.05, 0.1) is 17.1 Å². The Hall–Kier alpha value is -2.62. The van der Waals surface area contributed by atoms with E-state index in [9.17, 15) is 18.0 Å². The van der Waals surface area contributed by atoms with Crippen LogP contribution in [0, 0.1) is 5.92 Å². The fourth-order valence-electron chi connectivity index (χ4n) is 3.47. The quantitative estimate of drug-likeness (QED) is 0.424. The highest BCUT2D eigenvalue weighted by Crippen LogP contribution is 2.29. The highest BCUT2D eigenvalue weighted by molar-refractivity contribution is 7.89. The number of benzene rings is 2. The lowest BCUT2D eigenvalue weighted by molar-refractivity contribution is -0.124. The summed E-state index contributed by atoms with van der Waals surface area (Å²) in [5.41, 5.74) is 0.00300. The first kappa shape index (κ1) is 25.0. The van der Waals surface area contributed by atoms with Crippen molar-refractivity contribution in [3.8, 4) is 5.75 Å². The number of piperidine rings is 1. The van der Waals surface area contributed by atoms with E-state index in [2.05, 4.69) is 5.32 Å². The molecular weight excluding hydrogens is 468 g/mol. The molecule has 1 heterocycles. The topological polar surface area (TPSA) is 102 Å². The Kier molecular flexibility index (Phi) is 8.71. The van der Waals surface area contributed by atoms with E-state index >= 15 is 0 Å². The van der Waals surface area contributed by atoms with Crippen LogP contribution in [0.1, 0.15) is 30.1 Å². The second-order valence-corrected chi connectivity index (χ2v) is 10.2. The molecule has 33 heavy (non-hydrogen) atoms. The minimum atomic E-state index is -3.85. The van der Waals surface area contributed by atoms with Crippen LogP contribution >= 0.6 is 11.6 Å². The van der Waals surface area contributed by atoms with Gasteiger partial charge in [0.1, 0.15) is 17.3 Å². The number of sulfonamides is 1. The average Bonchev–Trinajstić information content (AvgIpc) is 2.81. The molecule has 0 aromatic heterocycles. The molecule has 10 heteroatoms. The van der Waals surface area contributed by atoms with Gasteiger partial charge in [0, 0.05) is 13.1 Å². The maximum atomic E-state index is 13.1. The molecule has 1 aliphatic heterocycles. The molecule has 178 valence electrons. The lowest BCUT2D eigenvalue weighted by atomic mass is 10.0. The molecule has 1 saturated heterocycles. The minimum Gasteiger partial charge on any atom is -0.492 e. The lowest BCUT2D eigenvalue weighted by Gasteiger charge is -2.30. The fraction of sp³-hybridized carbons (Fsp3) is 0.391. The smallest absolute Gasteiger partial charge is 0.338 e. The van der Waals surface area contributed by atoms with Gasteiger partial charge >= 0.3 is 5.97 Å². The van der Waals surface area contributed by atoms with Crippen molar-refractivity contribution in [1.29, 1.82) is 0 Å². The van der Waals surface area contributed by atoms with Crippen LogP contribution < -0.4 is 10.1 Å². The molecule has 1 fully saturated rings. The van der Waals surface area contributed by atoms with Crippen LogP contribution in [-0.2, 0) is 19.6 Å². The molecule has 2 aromatic rings. The fourth-order valence-corrected chi connectivity index (χ4v) is 5.57. The number of para-hydroxylation sites is 1. The van der Waals surface area contributed by atoms with Crippen molar-refractivity contribution in [2.45, 2.75) is 24.7 Å². The number of carbonyl (C=O) groups excluding carboxylic acids is 2. The molecule has 1 unspecified atom stereocenters. The van der Waals surface area contributed by atoms with Crippen LogP contribution in [0.2, 0.25) is 5.02 Å². The summed E-state index contributed by atoms with van der Waals surface area (Å²) in [6, 6.07) is 13.1. The monoisotopic (exact) mass is 494 g/mol. The number of rotatable bonds is 9. The van der Waals surface area contributed by atoms with Gasteiger partial charge in [0.15, 0.2) is 6.61 Å². The first-order chi connectivity index (χ1) is 15.8. The van der Waals surface area contributed by atoms with Gasteiger partial charge in [-0.3, -0.25) is 4.79 Å². The Morgan fingerprint density at radius 2 is 1.94 bits per heavy atom. The predicted octanol–water partition coefficient (Wildman–Crippen LogP) is 3.11. The SMILES string of the molecule is CC1CCCN(S(=O)(=O)c2cc(C(=O)OCC(=O)NCCOc3ccccc3)ccc2Cl)C1. The van der Waals surface area contributed by atoms with Gasteiger partial charge in [-0.25, -0.2) is 13.2 Å². The van der Waals surface area contributed by atoms with Crippen LogP contribution in [0.25, 0.3) is 0 Å². The molecule has 3 rings (SSSR count). The van der Waals surface area contributed by atoms with Gasteiger partial charge in [-0.05, 0) is 49.1 Å². The van der Waals surface area contributed by atoms with E-state index in [1.54, 1.807) is 12.1 Å². The summed E-state index contributed by atoms with van der Waals surface area (Å²) in [5, 5.41) is 2.62. The van der Waals surface area contributed by atoms with Crippen molar-refractivity contribution in [3.05, 3.63) is 59.1 Å². The number of nitrogens with one attached hydrogen (secondary N) is 1. The standard InChI is InChI=1S/C23H27ClN2O6S/c1-17-6-5-12-26(15-17)33(29,30)21-14-18(9-10-20(21)24)23(28)32-16-22(27)25-11-13-31-19-7-3-2-4-8-19/h2-4,7-10,14,17H,5-6,11-13,15-16H2,1H3,(H,25,27). The Morgan fingerprint density at radius 3 is 2.67 bits per heavy atom. The van der Waals surface area contributed by atoms with Crippen LogP contribution in [-0.4, -0.2) is 57.4 Å². The zero-order valence-corrected chi connectivity index (χ0v) is 19.9. The third-order valence-electron chi connectivity index (χ3n) is 5.18. The van der Waals surface area contributed by atoms with E-state index in [0.29, 0.717) is 18.8 Å². The lowest BCUT2D eigenvalue weighted by Crippen LogP contribution is -2.39. The Bertz CT molecular complexity index is 1080. The van der Waals surface area contributed by atoms with Crippen molar-refractivity contribution in [3.63, 3.8) is 0 Å².